The Kier molecular flexibility index (Phi) is 6.65. The SMILES string of the molecule is CCOc1cc([C@@H]2[C@@H]3CCCN3[C@]3(C(=O)Nc4ccccc43)[C@@H]2[N+](=O)[O-])ccc1OCc1ccc(Cl)c(Cl)c1. The Bertz CT molecular complexity index is 1470. The van der Waals surface area contributed by atoms with Crippen molar-refractivity contribution in [3.05, 3.63) is 97.5 Å². The Labute approximate surface area is 236 Å². The minimum Gasteiger partial charge on any atom is -0.490 e. The van der Waals surface area contributed by atoms with Crippen molar-refractivity contribution in [1.82, 2.24) is 4.90 Å². The molecule has 0 saturated carbocycles. The number of amides is 1. The normalized spacial score (nSPS) is 25.4. The molecule has 3 aliphatic heterocycles. The quantitative estimate of drug-likeness (QED) is 0.277. The fourth-order valence-electron chi connectivity index (χ4n) is 6.69. The van der Waals surface area contributed by atoms with E-state index in [1.54, 1.807) is 18.2 Å². The zero-order valence-electron chi connectivity index (χ0n) is 21.2. The highest BCUT2D eigenvalue weighted by Crippen LogP contribution is 2.58. The lowest BCUT2D eigenvalue weighted by Crippen LogP contribution is -2.55. The Balaban J connectivity index is 1.39. The molecule has 2 fully saturated rings. The van der Waals surface area contributed by atoms with E-state index in [4.69, 9.17) is 32.7 Å². The Morgan fingerprint density at radius 3 is 2.67 bits per heavy atom. The molecule has 10 heteroatoms. The van der Waals surface area contributed by atoms with Gasteiger partial charge in [0.1, 0.15) is 6.61 Å². The van der Waals surface area contributed by atoms with Gasteiger partial charge in [-0.3, -0.25) is 19.8 Å². The van der Waals surface area contributed by atoms with Gasteiger partial charge in [0.25, 0.3) is 11.9 Å². The van der Waals surface area contributed by atoms with Crippen molar-refractivity contribution in [2.45, 2.75) is 49.9 Å². The molecule has 0 unspecified atom stereocenters. The van der Waals surface area contributed by atoms with Gasteiger partial charge in [-0.15, -0.1) is 0 Å². The number of halogens is 2. The van der Waals surface area contributed by atoms with Gasteiger partial charge in [-0.2, -0.15) is 0 Å². The van der Waals surface area contributed by atoms with Crippen LogP contribution in [0.2, 0.25) is 10.0 Å². The Morgan fingerprint density at radius 2 is 1.90 bits per heavy atom. The monoisotopic (exact) mass is 567 g/mol. The number of hydrogen-bond donors (Lipinski definition) is 1. The molecule has 1 amide bonds. The molecule has 4 atom stereocenters. The molecule has 3 aliphatic rings. The average Bonchev–Trinajstić information content (AvgIpc) is 3.58. The maximum absolute atomic E-state index is 13.7. The third-order valence-electron chi connectivity index (χ3n) is 8.13. The number of nitro groups is 1. The van der Waals surface area contributed by atoms with Gasteiger partial charge in [0.2, 0.25) is 0 Å². The summed E-state index contributed by atoms with van der Waals surface area (Å²) in [7, 11) is 0. The van der Waals surface area contributed by atoms with E-state index < -0.39 is 17.5 Å². The lowest BCUT2D eigenvalue weighted by atomic mass is 9.77. The van der Waals surface area contributed by atoms with Crippen LogP contribution in [0.4, 0.5) is 5.69 Å². The van der Waals surface area contributed by atoms with Gasteiger partial charge in [0.15, 0.2) is 17.0 Å². The number of ether oxygens (including phenoxy) is 2. The number of rotatable bonds is 7. The van der Waals surface area contributed by atoms with Gasteiger partial charge in [-0.05, 0) is 61.2 Å². The van der Waals surface area contributed by atoms with Crippen molar-refractivity contribution in [1.29, 1.82) is 0 Å². The first-order valence-corrected chi connectivity index (χ1v) is 13.8. The second-order valence-electron chi connectivity index (χ2n) is 10.1. The number of nitrogens with one attached hydrogen (secondary N) is 1. The highest BCUT2D eigenvalue weighted by Gasteiger charge is 2.73. The number of carbonyl (C=O) groups excluding carboxylic acids is 1. The fourth-order valence-corrected chi connectivity index (χ4v) is 7.01. The maximum Gasteiger partial charge on any atom is 0.256 e. The molecule has 0 bridgehead atoms. The number of fused-ring (bicyclic) bond motifs is 4. The van der Waals surface area contributed by atoms with Crippen LogP contribution in [0.25, 0.3) is 0 Å². The molecule has 3 aromatic rings. The lowest BCUT2D eigenvalue weighted by Gasteiger charge is -2.32. The highest BCUT2D eigenvalue weighted by molar-refractivity contribution is 6.42. The van der Waals surface area contributed by atoms with Crippen LogP contribution < -0.4 is 14.8 Å². The third kappa shape index (κ3) is 4.04. The van der Waals surface area contributed by atoms with E-state index in [1.807, 2.05) is 49.4 Å². The van der Waals surface area contributed by atoms with Gasteiger partial charge in [0, 0.05) is 28.8 Å². The molecule has 3 aromatic carbocycles. The van der Waals surface area contributed by atoms with Gasteiger partial charge in [-0.25, -0.2) is 0 Å². The zero-order chi connectivity index (χ0) is 27.3. The van der Waals surface area contributed by atoms with Crippen LogP contribution in [0.3, 0.4) is 0 Å². The van der Waals surface area contributed by atoms with Crippen molar-refractivity contribution in [2.24, 2.45) is 0 Å². The van der Waals surface area contributed by atoms with Gasteiger partial charge in [-0.1, -0.05) is 53.5 Å². The van der Waals surface area contributed by atoms with Crippen molar-refractivity contribution in [3.8, 4) is 11.5 Å². The standard InChI is InChI=1S/C29H27Cl2N3O5/c1-2-38-25-15-18(10-12-24(25)39-16-17-9-11-20(30)21(31)14-17)26-23-8-5-13-33(23)29(27(26)34(36)37)19-6-3-4-7-22(19)32-28(29)35/h3-4,6-7,9-12,14-15,23,26-27H,2,5,8,13,16H2,1H3,(H,32,35)/t23-,26+,27+,29-/m0/s1. The summed E-state index contributed by atoms with van der Waals surface area (Å²) in [5, 5.41) is 16.7. The van der Waals surface area contributed by atoms with Crippen molar-refractivity contribution < 1.29 is 19.2 Å². The molecule has 0 aromatic heterocycles. The molecule has 202 valence electrons. The number of para-hydroxylation sites is 1. The van der Waals surface area contributed by atoms with E-state index in [9.17, 15) is 14.9 Å². The summed E-state index contributed by atoms with van der Waals surface area (Å²) in [5.74, 6) is 0.178. The minimum atomic E-state index is -1.36. The highest BCUT2D eigenvalue weighted by atomic mass is 35.5. The van der Waals surface area contributed by atoms with Crippen LogP contribution in [0, 0.1) is 10.1 Å². The molecule has 2 saturated heterocycles. The van der Waals surface area contributed by atoms with Crippen LogP contribution in [-0.4, -0.2) is 41.0 Å². The van der Waals surface area contributed by atoms with Crippen LogP contribution in [-0.2, 0) is 16.9 Å². The number of hydrogen-bond acceptors (Lipinski definition) is 6. The van der Waals surface area contributed by atoms with Crippen LogP contribution in [0.1, 0.15) is 42.4 Å². The molecule has 0 aliphatic carbocycles. The number of anilines is 1. The predicted molar refractivity (Wildman–Crippen MR) is 148 cm³/mol. The lowest BCUT2D eigenvalue weighted by molar-refractivity contribution is -0.534. The van der Waals surface area contributed by atoms with Crippen LogP contribution >= 0.6 is 23.2 Å². The molecule has 0 radical (unpaired) electrons. The van der Waals surface area contributed by atoms with Crippen molar-refractivity contribution in [3.63, 3.8) is 0 Å². The first-order chi connectivity index (χ1) is 18.9. The predicted octanol–water partition coefficient (Wildman–Crippen LogP) is 6.03. The van der Waals surface area contributed by atoms with Crippen molar-refractivity contribution >= 4 is 34.8 Å². The summed E-state index contributed by atoms with van der Waals surface area (Å²) < 4.78 is 12.0. The largest absolute Gasteiger partial charge is 0.490 e. The summed E-state index contributed by atoms with van der Waals surface area (Å²) in [6.45, 7) is 3.13. The van der Waals surface area contributed by atoms with Crippen molar-refractivity contribution in [2.75, 3.05) is 18.5 Å². The molecule has 3 heterocycles. The second-order valence-corrected chi connectivity index (χ2v) is 10.9. The maximum atomic E-state index is 13.7. The molecule has 1 spiro atoms. The van der Waals surface area contributed by atoms with Gasteiger partial charge in [0.05, 0.1) is 22.6 Å². The summed E-state index contributed by atoms with van der Waals surface area (Å²) in [6, 6.07) is 16.8. The van der Waals surface area contributed by atoms with E-state index in [2.05, 4.69) is 10.2 Å². The average molecular weight is 568 g/mol. The molecular weight excluding hydrogens is 541 g/mol. The van der Waals surface area contributed by atoms with E-state index >= 15 is 0 Å². The summed E-state index contributed by atoms with van der Waals surface area (Å²) in [6.07, 6.45) is 1.64. The number of carbonyl (C=O) groups is 1. The third-order valence-corrected chi connectivity index (χ3v) is 8.86. The Hall–Kier alpha value is -3.33. The van der Waals surface area contributed by atoms with Gasteiger partial charge >= 0.3 is 0 Å². The molecule has 6 rings (SSSR count). The number of benzene rings is 3. The first-order valence-electron chi connectivity index (χ1n) is 13.0. The Morgan fingerprint density at radius 1 is 1.08 bits per heavy atom. The van der Waals surface area contributed by atoms with E-state index in [0.29, 0.717) is 45.9 Å². The summed E-state index contributed by atoms with van der Waals surface area (Å²) in [4.78, 5) is 28.3. The topological polar surface area (TPSA) is 93.9 Å². The number of nitrogens with zero attached hydrogens (tertiary/aromatic N) is 2. The molecular formula is C29H27Cl2N3O5. The second kappa shape index (κ2) is 10.0. The summed E-state index contributed by atoms with van der Waals surface area (Å²) >= 11 is 12.2. The van der Waals surface area contributed by atoms with E-state index in [-0.39, 0.29) is 23.5 Å². The van der Waals surface area contributed by atoms with E-state index in [0.717, 1.165) is 24.0 Å². The smallest absolute Gasteiger partial charge is 0.256 e. The van der Waals surface area contributed by atoms with Gasteiger partial charge < -0.3 is 14.8 Å². The minimum absolute atomic E-state index is 0.158. The zero-order valence-corrected chi connectivity index (χ0v) is 22.7. The molecule has 1 N–H and O–H groups in total. The molecule has 39 heavy (non-hydrogen) atoms. The fraction of sp³-hybridized carbons (Fsp3) is 0.345. The molecule has 8 nitrogen and oxygen atoms in total. The summed E-state index contributed by atoms with van der Waals surface area (Å²) in [5.41, 5.74) is 1.56. The van der Waals surface area contributed by atoms with E-state index in [1.165, 1.54) is 0 Å². The van der Waals surface area contributed by atoms with Crippen LogP contribution in [0.5, 0.6) is 11.5 Å². The first kappa shape index (κ1) is 25.9. The van der Waals surface area contributed by atoms with Crippen LogP contribution in [0.15, 0.2) is 60.7 Å².